The molecule has 2 aromatic rings. The van der Waals surface area contributed by atoms with Crippen LogP contribution in [-0.2, 0) is 4.57 Å². The second-order valence-electron chi connectivity index (χ2n) is 3.30. The van der Waals surface area contributed by atoms with Crippen LogP contribution in [0.5, 0.6) is 0 Å². The topological polar surface area (TPSA) is 34.1 Å². The van der Waals surface area contributed by atoms with Gasteiger partial charge in [-0.1, -0.05) is 41.0 Å². The Labute approximate surface area is 94.7 Å². The third-order valence-corrected chi connectivity index (χ3v) is 3.59. The van der Waals surface area contributed by atoms with Gasteiger partial charge >= 0.3 is 13.3 Å². The van der Waals surface area contributed by atoms with Crippen molar-refractivity contribution in [1.29, 1.82) is 0 Å². The molecule has 78 valence electrons. The number of carbonyl (C=O) groups is 1. The molecule has 16 heavy (non-hydrogen) atoms. The van der Waals surface area contributed by atoms with Crippen molar-refractivity contribution in [3.63, 3.8) is 0 Å². The number of benzene rings is 2. The molecule has 2 rings (SSSR count). The van der Waals surface area contributed by atoms with Gasteiger partial charge in [-0.05, 0) is 24.3 Å². The van der Waals surface area contributed by atoms with E-state index in [1.807, 2.05) is 12.1 Å². The van der Waals surface area contributed by atoms with Crippen molar-refractivity contribution in [2.45, 2.75) is 0 Å². The van der Waals surface area contributed by atoms with Crippen molar-refractivity contribution >= 4 is 18.6 Å². The van der Waals surface area contributed by atoms with Crippen LogP contribution in [0.1, 0.15) is 10.4 Å². The van der Waals surface area contributed by atoms with Gasteiger partial charge in [0, 0.05) is 0 Å². The van der Waals surface area contributed by atoms with Crippen LogP contribution in [0, 0.1) is 0 Å². The average Bonchev–Trinajstić information content (AvgIpc) is 2.39. The second-order valence-corrected chi connectivity index (χ2v) is 4.81. The molecule has 0 aromatic heterocycles. The predicted octanol–water partition coefficient (Wildman–Crippen LogP) is 2.98. The molecule has 0 bridgehead atoms. The summed E-state index contributed by atoms with van der Waals surface area (Å²) < 4.78 is 11.9. The van der Waals surface area contributed by atoms with Crippen molar-refractivity contribution in [2.24, 2.45) is 0 Å². The summed E-state index contributed by atoms with van der Waals surface area (Å²) in [4.78, 5) is 11.9. The third-order valence-electron chi connectivity index (χ3n) is 2.20. The number of carbonyl (C=O) groups excluding carboxylic acids is 1. The highest BCUT2D eigenvalue weighted by Crippen LogP contribution is 2.25. The fraction of sp³-hybridized carbons (Fsp3) is 0. The molecular formula is C13H10O2P+. The zero-order valence-corrected chi connectivity index (χ0v) is 9.43. The van der Waals surface area contributed by atoms with Crippen LogP contribution in [0.2, 0.25) is 0 Å². The third kappa shape index (κ3) is 2.23. The Morgan fingerprint density at radius 3 is 1.88 bits per heavy atom. The summed E-state index contributed by atoms with van der Waals surface area (Å²) in [5, 5.41) is 0.575. The number of rotatable bonds is 3. The maximum absolute atomic E-state index is 11.9. The van der Waals surface area contributed by atoms with E-state index in [1.165, 1.54) is 0 Å². The lowest BCUT2D eigenvalue weighted by molar-refractivity contribution is 0.108. The zero-order chi connectivity index (χ0) is 11.4. The van der Waals surface area contributed by atoms with Gasteiger partial charge in [0.2, 0.25) is 0 Å². The second kappa shape index (κ2) is 4.82. The van der Waals surface area contributed by atoms with Gasteiger partial charge in [-0.25, -0.2) is 4.79 Å². The molecule has 1 unspecified atom stereocenters. The van der Waals surface area contributed by atoms with Gasteiger partial charge in [0.15, 0.2) is 5.30 Å². The first kappa shape index (κ1) is 10.7. The SMILES string of the molecule is O=C(c1ccccc1)[P+](=O)c1ccccc1. The van der Waals surface area contributed by atoms with E-state index in [1.54, 1.807) is 48.5 Å². The Hall–Kier alpha value is -1.79. The van der Waals surface area contributed by atoms with Crippen LogP contribution in [0.15, 0.2) is 60.7 Å². The van der Waals surface area contributed by atoms with Crippen molar-refractivity contribution in [3.05, 3.63) is 66.2 Å². The summed E-state index contributed by atoms with van der Waals surface area (Å²) >= 11 is 0. The predicted molar refractivity (Wildman–Crippen MR) is 64.5 cm³/mol. The van der Waals surface area contributed by atoms with Crippen LogP contribution in [0.4, 0.5) is 0 Å². The Bertz CT molecular complexity index is 456. The van der Waals surface area contributed by atoms with Crippen molar-refractivity contribution in [2.75, 3.05) is 0 Å². The maximum Gasteiger partial charge on any atom is 0.458 e. The molecule has 0 N–H and O–H groups in total. The molecule has 0 saturated carbocycles. The van der Waals surface area contributed by atoms with Crippen molar-refractivity contribution in [1.82, 2.24) is 0 Å². The Balaban J connectivity index is 2.28. The lowest BCUT2D eigenvalue weighted by Crippen LogP contribution is -2.03. The van der Waals surface area contributed by atoms with E-state index < -0.39 is 7.80 Å². The van der Waals surface area contributed by atoms with Crippen LogP contribution < -0.4 is 5.30 Å². The van der Waals surface area contributed by atoms with Gasteiger partial charge in [0.25, 0.3) is 0 Å². The normalized spacial score (nSPS) is 10.9. The quantitative estimate of drug-likeness (QED) is 0.758. The maximum atomic E-state index is 11.9. The Morgan fingerprint density at radius 1 is 0.812 bits per heavy atom. The Morgan fingerprint density at radius 2 is 1.31 bits per heavy atom. The van der Waals surface area contributed by atoms with Crippen LogP contribution in [0.25, 0.3) is 0 Å². The number of hydrogen-bond donors (Lipinski definition) is 0. The molecule has 0 aliphatic rings. The fourth-order valence-corrected chi connectivity index (χ4v) is 2.44. The summed E-state index contributed by atoms with van der Waals surface area (Å²) in [7, 11) is -2.00. The minimum Gasteiger partial charge on any atom is -0.234 e. The van der Waals surface area contributed by atoms with E-state index in [-0.39, 0.29) is 5.52 Å². The molecule has 0 fully saturated rings. The van der Waals surface area contributed by atoms with E-state index >= 15 is 0 Å². The minimum atomic E-state index is -2.00. The molecule has 0 amide bonds. The highest BCUT2D eigenvalue weighted by Gasteiger charge is 2.31. The smallest absolute Gasteiger partial charge is 0.234 e. The van der Waals surface area contributed by atoms with E-state index in [0.717, 1.165) is 0 Å². The van der Waals surface area contributed by atoms with Crippen LogP contribution >= 0.6 is 7.80 Å². The van der Waals surface area contributed by atoms with Crippen molar-refractivity contribution in [3.8, 4) is 0 Å². The summed E-state index contributed by atoms with van der Waals surface area (Å²) in [5.74, 6) is 0. The lowest BCUT2D eigenvalue weighted by atomic mass is 10.2. The van der Waals surface area contributed by atoms with E-state index in [0.29, 0.717) is 10.9 Å². The number of hydrogen-bond acceptors (Lipinski definition) is 2. The average molecular weight is 229 g/mol. The zero-order valence-electron chi connectivity index (χ0n) is 8.54. The molecule has 0 saturated heterocycles. The monoisotopic (exact) mass is 229 g/mol. The molecule has 2 nitrogen and oxygen atoms in total. The molecular weight excluding hydrogens is 219 g/mol. The van der Waals surface area contributed by atoms with Crippen LogP contribution in [-0.4, -0.2) is 5.52 Å². The summed E-state index contributed by atoms with van der Waals surface area (Å²) in [5.41, 5.74) is 0.175. The molecule has 0 radical (unpaired) electrons. The van der Waals surface area contributed by atoms with Gasteiger partial charge in [-0.3, -0.25) is 0 Å². The van der Waals surface area contributed by atoms with Gasteiger partial charge in [0.05, 0.1) is 5.56 Å². The molecule has 0 aliphatic carbocycles. The van der Waals surface area contributed by atoms with Crippen LogP contribution in [0.3, 0.4) is 0 Å². The fourth-order valence-electron chi connectivity index (χ4n) is 1.38. The Kier molecular flexibility index (Phi) is 3.23. The first-order valence-electron chi connectivity index (χ1n) is 4.91. The first-order chi connectivity index (χ1) is 7.79. The first-order valence-corrected chi connectivity index (χ1v) is 6.16. The molecule has 3 heteroatoms. The van der Waals surface area contributed by atoms with Gasteiger partial charge in [-0.15, -0.1) is 0 Å². The largest absolute Gasteiger partial charge is 0.458 e. The molecule has 0 aliphatic heterocycles. The lowest BCUT2D eigenvalue weighted by Gasteiger charge is -1.89. The molecule has 0 heterocycles. The standard InChI is InChI=1S/C13H10O2P/c14-13(11-7-3-1-4-8-11)16(15)12-9-5-2-6-10-12/h1-10H/q+1. The molecule has 1 atom stereocenters. The highest BCUT2D eigenvalue weighted by atomic mass is 31.1. The van der Waals surface area contributed by atoms with Gasteiger partial charge in [0.1, 0.15) is 0 Å². The van der Waals surface area contributed by atoms with Crippen molar-refractivity contribution < 1.29 is 9.36 Å². The van der Waals surface area contributed by atoms with E-state index in [4.69, 9.17) is 0 Å². The molecule has 0 spiro atoms. The summed E-state index contributed by atoms with van der Waals surface area (Å²) in [6.45, 7) is 0. The van der Waals surface area contributed by atoms with Gasteiger partial charge < -0.3 is 0 Å². The van der Waals surface area contributed by atoms with E-state index in [2.05, 4.69) is 0 Å². The highest BCUT2D eigenvalue weighted by molar-refractivity contribution is 7.71. The summed E-state index contributed by atoms with van der Waals surface area (Å²) in [6.07, 6.45) is 0. The van der Waals surface area contributed by atoms with Gasteiger partial charge in [-0.2, -0.15) is 0 Å². The molecule has 2 aromatic carbocycles. The minimum absolute atomic E-state index is 0.318. The summed E-state index contributed by atoms with van der Waals surface area (Å²) in [6, 6.07) is 17.5. The van der Waals surface area contributed by atoms with E-state index in [9.17, 15) is 9.36 Å².